The number of hydrogen-bond acceptors (Lipinski definition) is 2. The lowest BCUT2D eigenvalue weighted by atomic mass is 10.3. The maximum Gasteiger partial charge on any atom is 0.00821 e. The normalized spacial score (nSPS) is 8.62. The zero-order chi connectivity index (χ0) is 13.5. The van der Waals surface area contributed by atoms with Crippen LogP contribution in [0, 0.1) is 0 Å². The molecule has 0 aliphatic heterocycles. The van der Waals surface area contributed by atoms with Gasteiger partial charge in [-0.2, -0.15) is 0 Å². The van der Waals surface area contributed by atoms with E-state index in [1.54, 1.807) is 0 Å². The van der Waals surface area contributed by atoms with Crippen molar-refractivity contribution in [2.75, 3.05) is 28.2 Å². The largest absolute Gasteiger partial charge is 0.381 e. The minimum absolute atomic E-state index is 1.35. The van der Waals surface area contributed by atoms with E-state index in [4.69, 9.17) is 0 Å². The molecule has 0 amide bonds. The summed E-state index contributed by atoms with van der Waals surface area (Å²) in [6.07, 6.45) is 0. The summed E-state index contributed by atoms with van der Waals surface area (Å²) < 4.78 is 0. The van der Waals surface area contributed by atoms with Crippen LogP contribution in [0.2, 0.25) is 0 Å². The Bertz CT molecular complexity index is 222. The predicted octanol–water partition coefficient (Wildman–Crippen LogP) is 3.72. The Morgan fingerprint density at radius 3 is 0.688 bits per heavy atom. The summed E-state index contributed by atoms with van der Waals surface area (Å²) in [7, 11) is 8.23. The predicted molar refractivity (Wildman–Crippen MR) is 75.5 cm³/mol. The fourth-order valence-electron chi connectivity index (χ4n) is 0.894. The lowest BCUT2D eigenvalue weighted by molar-refractivity contribution is 0.507. The zero-order valence-corrected chi connectivity index (χ0v) is 12.9. The molecule has 0 fully saturated rings. The lowest BCUT2D eigenvalue weighted by Crippen LogP contribution is -2.08. The molecular formula is C14H30N2. The molecule has 0 unspecified atom stereocenters. The van der Waals surface area contributed by atoms with Crippen molar-refractivity contribution in [2.24, 2.45) is 0 Å². The Kier molecular flexibility index (Phi) is 9.02. The Labute approximate surface area is 103 Å². The molecule has 16 heavy (non-hydrogen) atoms. The second-order valence-electron chi connectivity index (χ2n) is 4.96. The van der Waals surface area contributed by atoms with Crippen LogP contribution in [0.3, 0.4) is 0 Å². The van der Waals surface area contributed by atoms with Gasteiger partial charge >= 0.3 is 0 Å². The summed E-state index contributed by atoms with van der Waals surface area (Å²) in [5.41, 5.74) is 5.47. The van der Waals surface area contributed by atoms with Crippen molar-refractivity contribution in [3.63, 3.8) is 0 Å². The van der Waals surface area contributed by atoms with Crippen LogP contribution in [0.5, 0.6) is 0 Å². The van der Waals surface area contributed by atoms with Crippen LogP contribution in [0.25, 0.3) is 0 Å². The monoisotopic (exact) mass is 226 g/mol. The van der Waals surface area contributed by atoms with Crippen molar-refractivity contribution in [1.29, 1.82) is 0 Å². The van der Waals surface area contributed by atoms with Gasteiger partial charge in [-0.15, -0.1) is 0 Å². The molecule has 0 rings (SSSR count). The summed E-state index contributed by atoms with van der Waals surface area (Å²) in [5.74, 6) is 0. The van der Waals surface area contributed by atoms with Crippen molar-refractivity contribution >= 4 is 0 Å². The Balaban J connectivity index is 0. The molecule has 96 valence electrons. The molecule has 0 aliphatic rings. The van der Waals surface area contributed by atoms with Crippen LogP contribution in [0.1, 0.15) is 41.5 Å². The van der Waals surface area contributed by atoms with E-state index in [0.717, 1.165) is 0 Å². The molecule has 0 saturated carbocycles. The quantitative estimate of drug-likeness (QED) is 0.708. The van der Waals surface area contributed by atoms with E-state index in [-0.39, 0.29) is 0 Å². The minimum atomic E-state index is 1.35. The molecule has 0 radical (unpaired) electrons. The first-order chi connectivity index (χ1) is 7.11. The zero-order valence-electron chi connectivity index (χ0n) is 12.9. The standard InChI is InChI=1S/2C7H15N/c2*1-6(2)7(3)8(4)5/h2*1-5H3. The highest BCUT2D eigenvalue weighted by Gasteiger charge is 1.91. The highest BCUT2D eigenvalue weighted by atomic mass is 15.1. The van der Waals surface area contributed by atoms with Gasteiger partial charge in [-0.25, -0.2) is 0 Å². The van der Waals surface area contributed by atoms with E-state index in [2.05, 4.69) is 79.5 Å². The first-order valence-corrected chi connectivity index (χ1v) is 5.74. The van der Waals surface area contributed by atoms with Gasteiger partial charge in [0, 0.05) is 39.6 Å². The molecule has 0 aromatic heterocycles. The van der Waals surface area contributed by atoms with Gasteiger partial charge in [0.1, 0.15) is 0 Å². The molecular weight excluding hydrogens is 196 g/mol. The molecule has 2 nitrogen and oxygen atoms in total. The summed E-state index contributed by atoms with van der Waals surface area (Å²) in [4.78, 5) is 4.24. The van der Waals surface area contributed by atoms with Gasteiger partial charge in [0.15, 0.2) is 0 Å². The van der Waals surface area contributed by atoms with Crippen molar-refractivity contribution in [3.05, 3.63) is 22.5 Å². The first kappa shape index (κ1) is 17.5. The Morgan fingerprint density at radius 1 is 0.500 bits per heavy atom. The van der Waals surface area contributed by atoms with E-state index in [1.807, 2.05) is 0 Å². The highest BCUT2D eigenvalue weighted by Crippen LogP contribution is 2.03. The lowest BCUT2D eigenvalue weighted by Gasteiger charge is -2.13. The van der Waals surface area contributed by atoms with Crippen LogP contribution in [0.15, 0.2) is 22.5 Å². The third kappa shape index (κ3) is 8.39. The second-order valence-corrected chi connectivity index (χ2v) is 4.96. The maximum absolute atomic E-state index is 2.12. The van der Waals surface area contributed by atoms with Crippen LogP contribution in [-0.4, -0.2) is 38.0 Å². The van der Waals surface area contributed by atoms with Gasteiger partial charge < -0.3 is 9.80 Å². The third-order valence-corrected chi connectivity index (χ3v) is 2.79. The number of nitrogens with zero attached hydrogens (tertiary/aromatic N) is 2. The number of hydrogen-bond donors (Lipinski definition) is 0. The van der Waals surface area contributed by atoms with Crippen molar-refractivity contribution < 1.29 is 0 Å². The molecule has 0 saturated heterocycles. The van der Waals surface area contributed by atoms with Crippen molar-refractivity contribution in [2.45, 2.75) is 41.5 Å². The van der Waals surface area contributed by atoms with Crippen LogP contribution >= 0.6 is 0 Å². The first-order valence-electron chi connectivity index (χ1n) is 5.74. The molecule has 0 aliphatic carbocycles. The maximum atomic E-state index is 2.12. The Morgan fingerprint density at radius 2 is 0.688 bits per heavy atom. The molecule has 0 N–H and O–H groups in total. The van der Waals surface area contributed by atoms with E-state index in [0.29, 0.717) is 0 Å². The van der Waals surface area contributed by atoms with Crippen LogP contribution in [0.4, 0.5) is 0 Å². The van der Waals surface area contributed by atoms with Gasteiger partial charge in [0.25, 0.3) is 0 Å². The van der Waals surface area contributed by atoms with E-state index < -0.39 is 0 Å². The molecule has 0 spiro atoms. The Hall–Kier alpha value is -0.920. The topological polar surface area (TPSA) is 6.48 Å². The van der Waals surface area contributed by atoms with Gasteiger partial charge in [0.2, 0.25) is 0 Å². The number of allylic oxidation sites excluding steroid dienone is 4. The summed E-state index contributed by atoms with van der Waals surface area (Å²) in [6, 6.07) is 0. The second kappa shape index (κ2) is 8.26. The molecule has 0 heterocycles. The third-order valence-electron chi connectivity index (χ3n) is 2.79. The van der Waals surface area contributed by atoms with Crippen LogP contribution < -0.4 is 0 Å². The van der Waals surface area contributed by atoms with Crippen LogP contribution in [-0.2, 0) is 0 Å². The molecule has 0 atom stereocenters. The fraction of sp³-hybridized carbons (Fsp3) is 0.714. The van der Waals surface area contributed by atoms with Crippen molar-refractivity contribution in [1.82, 2.24) is 9.80 Å². The fourth-order valence-corrected chi connectivity index (χ4v) is 0.894. The van der Waals surface area contributed by atoms with Gasteiger partial charge in [-0.05, 0) is 41.5 Å². The average molecular weight is 226 g/mol. The smallest absolute Gasteiger partial charge is 0.00821 e. The van der Waals surface area contributed by atoms with E-state index in [1.165, 1.54) is 22.5 Å². The average Bonchev–Trinajstić information content (AvgIpc) is 2.15. The molecule has 2 heteroatoms. The van der Waals surface area contributed by atoms with E-state index >= 15 is 0 Å². The van der Waals surface area contributed by atoms with Crippen molar-refractivity contribution in [3.8, 4) is 0 Å². The van der Waals surface area contributed by atoms with Gasteiger partial charge in [0.05, 0.1) is 0 Å². The SMILES string of the molecule is CC(C)=C(C)N(C)C.CC(C)=C(C)N(C)C. The minimum Gasteiger partial charge on any atom is -0.381 e. The van der Waals surface area contributed by atoms with Gasteiger partial charge in [-0.1, -0.05) is 11.1 Å². The van der Waals surface area contributed by atoms with Gasteiger partial charge in [-0.3, -0.25) is 0 Å². The molecule has 0 bridgehead atoms. The summed E-state index contributed by atoms with van der Waals surface area (Å²) >= 11 is 0. The van der Waals surface area contributed by atoms with E-state index in [9.17, 15) is 0 Å². The molecule has 0 aromatic rings. The number of rotatable bonds is 2. The molecule has 0 aromatic carbocycles. The summed E-state index contributed by atoms with van der Waals surface area (Å²) in [5, 5.41) is 0. The summed E-state index contributed by atoms with van der Waals surface area (Å²) in [6.45, 7) is 12.7. The highest BCUT2D eigenvalue weighted by molar-refractivity contribution is 5.04.